The fourth-order valence-electron chi connectivity index (χ4n) is 2.52. The van der Waals surface area contributed by atoms with Gasteiger partial charge in [0.2, 0.25) is 0 Å². The molecule has 1 rings (SSSR count). The molecule has 2 heteroatoms. The van der Waals surface area contributed by atoms with Crippen LogP contribution in [-0.2, 0) is 4.74 Å². The number of ether oxygens (including phenoxy) is 1. The lowest BCUT2D eigenvalue weighted by atomic mass is 9.99. The van der Waals surface area contributed by atoms with Crippen molar-refractivity contribution in [3.63, 3.8) is 0 Å². The molecular formula is C19H31NO. The molecular weight excluding hydrogens is 258 g/mol. The minimum atomic E-state index is 0.357. The largest absolute Gasteiger partial charge is 0.376 e. The van der Waals surface area contributed by atoms with Crippen LogP contribution >= 0.6 is 0 Å². The van der Waals surface area contributed by atoms with Crippen molar-refractivity contribution in [2.75, 3.05) is 0 Å². The number of hydrogen-bond donors (Lipinski definition) is 1. The molecule has 2 nitrogen and oxygen atoms in total. The van der Waals surface area contributed by atoms with Crippen molar-refractivity contribution in [1.82, 2.24) is 0 Å². The molecule has 21 heavy (non-hydrogen) atoms. The molecule has 0 radical (unpaired) electrons. The quantitative estimate of drug-likeness (QED) is 0.446. The van der Waals surface area contributed by atoms with Gasteiger partial charge in [-0.1, -0.05) is 44.0 Å². The zero-order chi connectivity index (χ0) is 15.7. The van der Waals surface area contributed by atoms with E-state index >= 15 is 0 Å². The Hall–Kier alpha value is -1.15. The van der Waals surface area contributed by atoms with Crippen molar-refractivity contribution < 1.29 is 4.74 Å². The van der Waals surface area contributed by atoms with Gasteiger partial charge >= 0.3 is 0 Å². The van der Waals surface area contributed by atoms with Crippen molar-refractivity contribution in [2.24, 2.45) is 0 Å². The summed E-state index contributed by atoms with van der Waals surface area (Å²) in [5, 5.41) is 8.18. The number of aryl methyl sites for hydroxylation is 1. The number of benzene rings is 1. The van der Waals surface area contributed by atoms with E-state index in [0.717, 1.165) is 37.0 Å². The third kappa shape index (κ3) is 6.90. The lowest BCUT2D eigenvalue weighted by molar-refractivity contribution is 0.00138. The van der Waals surface area contributed by atoms with Crippen LogP contribution in [0, 0.1) is 12.3 Å². The van der Waals surface area contributed by atoms with Crippen LogP contribution in [0.2, 0.25) is 0 Å². The molecule has 118 valence electrons. The van der Waals surface area contributed by atoms with Crippen LogP contribution in [0.5, 0.6) is 0 Å². The Morgan fingerprint density at radius 1 is 1.10 bits per heavy atom. The zero-order valence-corrected chi connectivity index (χ0v) is 14.1. The standard InChI is InChI=1S/C19H31NO/c1-5-16(3)21-17(4)12-7-6-8-14-19(20)18-13-10-9-11-15(18)2/h9-11,13,16-17,20H,5-8,12,14H2,1-4H3/t16-,17+/m1/s1. The number of unbranched alkanes of at least 4 members (excludes halogenated alkanes) is 2. The summed E-state index contributed by atoms with van der Waals surface area (Å²) in [5.41, 5.74) is 3.08. The predicted octanol–water partition coefficient (Wildman–Crippen LogP) is 5.52. The first-order valence-corrected chi connectivity index (χ1v) is 8.33. The van der Waals surface area contributed by atoms with E-state index in [9.17, 15) is 0 Å². The van der Waals surface area contributed by atoms with Crippen LogP contribution in [0.15, 0.2) is 24.3 Å². The molecule has 1 N–H and O–H groups in total. The second kappa shape index (κ2) is 9.73. The van der Waals surface area contributed by atoms with Gasteiger partial charge < -0.3 is 10.1 Å². The van der Waals surface area contributed by atoms with Crippen LogP contribution in [0.25, 0.3) is 0 Å². The SMILES string of the molecule is CC[C@@H](C)O[C@@H](C)CCCCCC(=N)c1ccccc1C. The Labute approximate surface area is 130 Å². The monoisotopic (exact) mass is 289 g/mol. The first-order valence-electron chi connectivity index (χ1n) is 8.33. The van der Waals surface area contributed by atoms with Gasteiger partial charge in [-0.15, -0.1) is 0 Å². The van der Waals surface area contributed by atoms with E-state index in [1.165, 1.54) is 18.4 Å². The summed E-state index contributed by atoms with van der Waals surface area (Å²) < 4.78 is 5.87. The highest BCUT2D eigenvalue weighted by Crippen LogP contribution is 2.14. The second-order valence-corrected chi connectivity index (χ2v) is 6.06. The Morgan fingerprint density at radius 3 is 2.48 bits per heavy atom. The van der Waals surface area contributed by atoms with E-state index in [4.69, 9.17) is 10.1 Å². The first-order chi connectivity index (χ1) is 10.0. The van der Waals surface area contributed by atoms with Gasteiger partial charge in [-0.25, -0.2) is 0 Å². The van der Waals surface area contributed by atoms with Crippen LogP contribution < -0.4 is 0 Å². The Balaban J connectivity index is 2.17. The summed E-state index contributed by atoms with van der Waals surface area (Å²) in [6, 6.07) is 8.19. The van der Waals surface area contributed by atoms with Crippen molar-refractivity contribution in [3.8, 4) is 0 Å². The molecule has 0 bridgehead atoms. The van der Waals surface area contributed by atoms with Crippen molar-refractivity contribution in [1.29, 1.82) is 5.41 Å². The zero-order valence-electron chi connectivity index (χ0n) is 14.1. The minimum absolute atomic E-state index is 0.357. The van der Waals surface area contributed by atoms with Gasteiger partial charge in [-0.05, 0) is 57.6 Å². The first kappa shape index (κ1) is 17.9. The maximum atomic E-state index is 8.18. The number of rotatable bonds is 10. The Kier molecular flexibility index (Phi) is 8.29. The number of hydrogen-bond acceptors (Lipinski definition) is 2. The summed E-state index contributed by atoms with van der Waals surface area (Å²) in [6.07, 6.45) is 7.29. The average molecular weight is 289 g/mol. The molecule has 0 aliphatic carbocycles. The van der Waals surface area contributed by atoms with Crippen LogP contribution in [-0.4, -0.2) is 17.9 Å². The molecule has 0 heterocycles. The molecule has 0 aliphatic rings. The van der Waals surface area contributed by atoms with E-state index < -0.39 is 0 Å². The van der Waals surface area contributed by atoms with E-state index in [-0.39, 0.29) is 0 Å². The van der Waals surface area contributed by atoms with Crippen LogP contribution in [0.3, 0.4) is 0 Å². The predicted molar refractivity (Wildman–Crippen MR) is 91.4 cm³/mol. The molecule has 0 amide bonds. The smallest absolute Gasteiger partial charge is 0.0550 e. The third-order valence-electron chi connectivity index (χ3n) is 4.05. The fourth-order valence-corrected chi connectivity index (χ4v) is 2.52. The summed E-state index contributed by atoms with van der Waals surface area (Å²) in [5.74, 6) is 0. The fraction of sp³-hybridized carbons (Fsp3) is 0.632. The van der Waals surface area contributed by atoms with Gasteiger partial charge in [0.1, 0.15) is 0 Å². The molecule has 0 saturated carbocycles. The second-order valence-electron chi connectivity index (χ2n) is 6.06. The van der Waals surface area contributed by atoms with Gasteiger partial charge in [0.05, 0.1) is 12.2 Å². The van der Waals surface area contributed by atoms with Gasteiger partial charge in [-0.2, -0.15) is 0 Å². The van der Waals surface area contributed by atoms with Crippen molar-refractivity contribution >= 4 is 5.71 Å². The topological polar surface area (TPSA) is 33.1 Å². The normalized spacial score (nSPS) is 13.9. The molecule has 2 atom stereocenters. The molecule has 0 saturated heterocycles. The summed E-state index contributed by atoms with van der Waals surface area (Å²) in [6.45, 7) is 8.55. The van der Waals surface area contributed by atoms with Crippen LogP contribution in [0.1, 0.15) is 70.4 Å². The Morgan fingerprint density at radius 2 is 1.81 bits per heavy atom. The van der Waals surface area contributed by atoms with E-state index in [1.54, 1.807) is 0 Å². The molecule has 0 unspecified atom stereocenters. The van der Waals surface area contributed by atoms with Crippen molar-refractivity contribution in [3.05, 3.63) is 35.4 Å². The van der Waals surface area contributed by atoms with Crippen LogP contribution in [0.4, 0.5) is 0 Å². The minimum Gasteiger partial charge on any atom is -0.376 e. The lowest BCUT2D eigenvalue weighted by Crippen LogP contribution is -2.16. The molecule has 0 spiro atoms. The highest BCUT2D eigenvalue weighted by molar-refractivity contribution is 5.99. The molecule has 1 aromatic rings. The lowest BCUT2D eigenvalue weighted by Gasteiger charge is -2.17. The van der Waals surface area contributed by atoms with E-state index in [0.29, 0.717) is 12.2 Å². The average Bonchev–Trinajstić information content (AvgIpc) is 2.46. The highest BCUT2D eigenvalue weighted by Gasteiger charge is 2.07. The van der Waals surface area contributed by atoms with E-state index in [2.05, 4.69) is 39.8 Å². The summed E-state index contributed by atoms with van der Waals surface area (Å²) in [4.78, 5) is 0. The number of nitrogens with one attached hydrogen (secondary N) is 1. The van der Waals surface area contributed by atoms with Crippen molar-refractivity contribution in [2.45, 2.75) is 78.4 Å². The summed E-state index contributed by atoms with van der Waals surface area (Å²) >= 11 is 0. The maximum Gasteiger partial charge on any atom is 0.0550 e. The summed E-state index contributed by atoms with van der Waals surface area (Å²) in [7, 11) is 0. The van der Waals surface area contributed by atoms with Gasteiger partial charge in [0, 0.05) is 5.71 Å². The molecule has 0 aliphatic heterocycles. The Bertz CT molecular complexity index is 427. The van der Waals surface area contributed by atoms with Gasteiger partial charge in [0.15, 0.2) is 0 Å². The van der Waals surface area contributed by atoms with E-state index in [1.807, 2.05) is 12.1 Å². The highest BCUT2D eigenvalue weighted by atomic mass is 16.5. The molecule has 0 aromatic heterocycles. The van der Waals surface area contributed by atoms with Gasteiger partial charge in [-0.3, -0.25) is 0 Å². The maximum absolute atomic E-state index is 8.18. The molecule has 0 fully saturated rings. The van der Waals surface area contributed by atoms with Gasteiger partial charge in [0.25, 0.3) is 0 Å². The third-order valence-corrected chi connectivity index (χ3v) is 4.05. The molecule has 1 aromatic carbocycles.